The van der Waals surface area contributed by atoms with Crippen LogP contribution in [0.2, 0.25) is 0 Å². The third-order valence-electron chi connectivity index (χ3n) is 2.23. The number of nitrogens with one attached hydrogen (secondary N) is 2. The Bertz CT molecular complexity index is 466. The number of aryl methyl sites for hydroxylation is 1. The molecule has 1 aromatic heterocycles. The van der Waals surface area contributed by atoms with Crippen molar-refractivity contribution >= 4 is 28.5 Å². The number of aromatic nitrogens is 1. The molecule has 1 aromatic rings. The van der Waals surface area contributed by atoms with Crippen LogP contribution >= 0.6 is 22.6 Å². The van der Waals surface area contributed by atoms with E-state index in [1.165, 1.54) is 0 Å². The molecule has 0 unspecified atom stereocenters. The van der Waals surface area contributed by atoms with Gasteiger partial charge in [-0.3, -0.25) is 9.59 Å². The molecule has 5 heteroatoms. The maximum atomic E-state index is 11.8. The Balaban J connectivity index is 3.07. The summed E-state index contributed by atoms with van der Waals surface area (Å²) in [6, 6.07) is 1.68. The fourth-order valence-corrected chi connectivity index (χ4v) is 2.20. The first kappa shape index (κ1) is 14.2. The largest absolute Gasteiger partial charge is 0.350 e. The highest BCUT2D eigenvalue weighted by atomic mass is 127. The van der Waals surface area contributed by atoms with Gasteiger partial charge in [-0.2, -0.15) is 0 Å². The van der Waals surface area contributed by atoms with Gasteiger partial charge in [-0.1, -0.05) is 13.3 Å². The third kappa shape index (κ3) is 3.83. The molecule has 0 aliphatic rings. The smallest absolute Gasteiger partial charge is 0.261 e. The van der Waals surface area contributed by atoms with Gasteiger partial charge in [-0.25, -0.2) is 0 Å². The summed E-state index contributed by atoms with van der Waals surface area (Å²) in [5.41, 5.74) is 0.772. The van der Waals surface area contributed by atoms with E-state index in [9.17, 15) is 9.59 Å². The van der Waals surface area contributed by atoms with Crippen LogP contribution in [0.25, 0.3) is 0 Å². The number of rotatable bonds is 4. The van der Waals surface area contributed by atoms with Crippen LogP contribution in [0.3, 0.4) is 0 Å². The van der Waals surface area contributed by atoms with Crippen molar-refractivity contribution in [3.8, 4) is 0 Å². The van der Waals surface area contributed by atoms with E-state index in [-0.39, 0.29) is 23.1 Å². The van der Waals surface area contributed by atoms with Crippen LogP contribution in [0.15, 0.2) is 10.9 Å². The van der Waals surface area contributed by atoms with Gasteiger partial charge in [0.1, 0.15) is 5.56 Å². The van der Waals surface area contributed by atoms with Crippen LogP contribution in [0.1, 0.15) is 43.2 Å². The summed E-state index contributed by atoms with van der Waals surface area (Å²) in [7, 11) is 0. The molecule has 2 N–H and O–H groups in total. The second-order valence-electron chi connectivity index (χ2n) is 4.22. The molecule has 1 heterocycles. The predicted octanol–water partition coefficient (Wildman–Crippen LogP) is 2.07. The Hall–Kier alpha value is -0.850. The van der Waals surface area contributed by atoms with Gasteiger partial charge in [-0.05, 0) is 48.9 Å². The predicted molar refractivity (Wildman–Crippen MR) is 76.4 cm³/mol. The molecule has 0 fully saturated rings. The van der Waals surface area contributed by atoms with Gasteiger partial charge >= 0.3 is 0 Å². The molecule has 0 spiro atoms. The summed E-state index contributed by atoms with van der Waals surface area (Å²) in [6.45, 7) is 5.78. The number of aromatic amines is 1. The van der Waals surface area contributed by atoms with Crippen molar-refractivity contribution in [1.82, 2.24) is 10.3 Å². The van der Waals surface area contributed by atoms with E-state index in [1.807, 2.05) is 20.8 Å². The summed E-state index contributed by atoms with van der Waals surface area (Å²) in [5, 5.41) is 2.72. The topological polar surface area (TPSA) is 62.0 Å². The van der Waals surface area contributed by atoms with Crippen molar-refractivity contribution < 1.29 is 4.79 Å². The van der Waals surface area contributed by atoms with Gasteiger partial charge in [0.15, 0.2) is 0 Å². The van der Waals surface area contributed by atoms with Crippen molar-refractivity contribution in [3.63, 3.8) is 0 Å². The average Bonchev–Trinajstić information content (AvgIpc) is 2.22. The fraction of sp³-hybridized carbons (Fsp3) is 0.500. The molecule has 0 radical (unpaired) electrons. The van der Waals surface area contributed by atoms with Gasteiger partial charge in [0.2, 0.25) is 0 Å². The van der Waals surface area contributed by atoms with Crippen LogP contribution in [-0.4, -0.2) is 16.9 Å². The summed E-state index contributed by atoms with van der Waals surface area (Å²) in [4.78, 5) is 26.3. The number of hydrogen-bond acceptors (Lipinski definition) is 2. The van der Waals surface area contributed by atoms with Crippen LogP contribution in [-0.2, 0) is 6.42 Å². The molecule has 4 nitrogen and oxygen atoms in total. The SMILES string of the molecule is CCCc1[nH]c(=O)c(C(=O)NC(C)C)cc1I. The second-order valence-corrected chi connectivity index (χ2v) is 5.38. The van der Waals surface area contributed by atoms with E-state index >= 15 is 0 Å². The summed E-state index contributed by atoms with van der Waals surface area (Å²) in [5.74, 6) is -0.317. The molecule has 0 aromatic carbocycles. The average molecular weight is 348 g/mol. The molecule has 17 heavy (non-hydrogen) atoms. The first-order chi connectivity index (χ1) is 7.95. The lowest BCUT2D eigenvalue weighted by atomic mass is 10.2. The Kier molecular flexibility index (Phi) is 5.17. The highest BCUT2D eigenvalue weighted by molar-refractivity contribution is 14.1. The zero-order chi connectivity index (χ0) is 13.0. The maximum absolute atomic E-state index is 11.8. The van der Waals surface area contributed by atoms with E-state index < -0.39 is 0 Å². The summed E-state index contributed by atoms with van der Waals surface area (Å²) >= 11 is 2.14. The quantitative estimate of drug-likeness (QED) is 0.819. The van der Waals surface area contributed by atoms with Crippen LogP contribution in [0, 0.1) is 3.57 Å². The first-order valence-corrected chi connectivity index (χ1v) is 6.76. The van der Waals surface area contributed by atoms with E-state index in [1.54, 1.807) is 6.07 Å². The number of carbonyl (C=O) groups is 1. The number of pyridine rings is 1. The van der Waals surface area contributed by atoms with Crippen LogP contribution in [0.4, 0.5) is 0 Å². The molecule has 94 valence electrons. The highest BCUT2D eigenvalue weighted by Gasteiger charge is 2.14. The standard InChI is InChI=1S/C12H17IN2O2/c1-4-5-10-9(13)6-8(12(17)15-10)11(16)14-7(2)3/h6-7H,4-5H2,1-3H3,(H,14,16)(H,15,17). The molecule has 0 saturated carbocycles. The number of H-pyrrole nitrogens is 1. The van der Waals surface area contributed by atoms with Crippen molar-refractivity contribution in [1.29, 1.82) is 0 Å². The van der Waals surface area contributed by atoms with Gasteiger partial charge < -0.3 is 10.3 Å². The van der Waals surface area contributed by atoms with Gasteiger partial charge in [0, 0.05) is 15.3 Å². The minimum Gasteiger partial charge on any atom is -0.350 e. The number of hydrogen-bond donors (Lipinski definition) is 2. The maximum Gasteiger partial charge on any atom is 0.261 e. The monoisotopic (exact) mass is 348 g/mol. The Morgan fingerprint density at radius 2 is 2.18 bits per heavy atom. The minimum atomic E-state index is -0.317. The zero-order valence-corrected chi connectivity index (χ0v) is 12.4. The van der Waals surface area contributed by atoms with E-state index in [2.05, 4.69) is 32.9 Å². The molecule has 1 rings (SSSR count). The van der Waals surface area contributed by atoms with E-state index in [0.29, 0.717) is 0 Å². The lowest BCUT2D eigenvalue weighted by Crippen LogP contribution is -2.34. The van der Waals surface area contributed by atoms with Crippen molar-refractivity contribution in [3.05, 3.63) is 31.2 Å². The molecule has 1 amide bonds. The number of amides is 1. The Morgan fingerprint density at radius 3 is 2.71 bits per heavy atom. The molecule has 0 aliphatic heterocycles. The normalized spacial score (nSPS) is 10.6. The zero-order valence-electron chi connectivity index (χ0n) is 10.3. The Morgan fingerprint density at radius 1 is 1.53 bits per heavy atom. The first-order valence-electron chi connectivity index (χ1n) is 5.68. The molecular weight excluding hydrogens is 331 g/mol. The van der Waals surface area contributed by atoms with Gasteiger partial charge in [0.05, 0.1) is 0 Å². The minimum absolute atomic E-state index is 0.0230. The number of carbonyl (C=O) groups excluding carboxylic acids is 1. The van der Waals surface area contributed by atoms with E-state index in [4.69, 9.17) is 0 Å². The molecule has 0 aliphatic carbocycles. The van der Waals surface area contributed by atoms with Crippen LogP contribution < -0.4 is 10.9 Å². The second kappa shape index (κ2) is 6.18. The fourth-order valence-electron chi connectivity index (χ4n) is 1.48. The Labute approximate surface area is 114 Å². The number of halogens is 1. The lowest BCUT2D eigenvalue weighted by molar-refractivity contribution is 0.0941. The van der Waals surface area contributed by atoms with Gasteiger partial charge in [-0.15, -0.1) is 0 Å². The van der Waals surface area contributed by atoms with Crippen molar-refractivity contribution in [2.75, 3.05) is 0 Å². The molecule has 0 atom stereocenters. The summed E-state index contributed by atoms with van der Waals surface area (Å²) < 4.78 is 0.929. The van der Waals surface area contributed by atoms with Gasteiger partial charge in [0.25, 0.3) is 11.5 Å². The van der Waals surface area contributed by atoms with E-state index in [0.717, 1.165) is 22.1 Å². The third-order valence-corrected chi connectivity index (χ3v) is 3.20. The lowest BCUT2D eigenvalue weighted by Gasteiger charge is -2.09. The highest BCUT2D eigenvalue weighted by Crippen LogP contribution is 2.11. The van der Waals surface area contributed by atoms with Crippen molar-refractivity contribution in [2.24, 2.45) is 0 Å². The summed E-state index contributed by atoms with van der Waals surface area (Å²) in [6.07, 6.45) is 1.78. The molecule has 0 saturated heterocycles. The van der Waals surface area contributed by atoms with Crippen LogP contribution in [0.5, 0.6) is 0 Å². The molecular formula is C12H17IN2O2. The van der Waals surface area contributed by atoms with Crippen molar-refractivity contribution in [2.45, 2.75) is 39.7 Å². The molecule has 0 bridgehead atoms.